The van der Waals surface area contributed by atoms with Crippen LogP contribution >= 0.6 is 15.9 Å². The highest BCUT2D eigenvalue weighted by Gasteiger charge is 2.29. The molecule has 1 aliphatic heterocycles. The van der Waals surface area contributed by atoms with E-state index < -0.39 is 9.84 Å². The van der Waals surface area contributed by atoms with Crippen molar-refractivity contribution in [3.05, 3.63) is 22.2 Å². The smallest absolute Gasteiger partial charge is 0.179 e. The zero-order valence-corrected chi connectivity index (χ0v) is 9.98. The molecule has 76 valence electrons. The third-order valence-corrected chi connectivity index (χ3v) is 4.75. The Kier molecular flexibility index (Phi) is 2.31. The van der Waals surface area contributed by atoms with Crippen molar-refractivity contribution in [2.24, 2.45) is 0 Å². The van der Waals surface area contributed by atoms with Crippen molar-refractivity contribution in [1.82, 2.24) is 0 Å². The summed E-state index contributed by atoms with van der Waals surface area (Å²) < 4.78 is 29.1. The number of hydrogen-bond acceptors (Lipinski definition) is 3. The number of benzene rings is 1. The van der Waals surface area contributed by atoms with E-state index >= 15 is 0 Å². The monoisotopic (exact) mass is 276 g/mol. The molecular formula is C9H9BrO3S. The lowest BCUT2D eigenvalue weighted by molar-refractivity contribution is 0.406. The zero-order valence-electron chi connectivity index (χ0n) is 7.58. The first-order valence-corrected chi connectivity index (χ1v) is 6.59. The molecule has 0 amide bonds. The number of fused-ring (bicyclic) bond motifs is 1. The van der Waals surface area contributed by atoms with E-state index in [1.165, 1.54) is 0 Å². The molecule has 0 spiro atoms. The van der Waals surface area contributed by atoms with E-state index in [0.29, 0.717) is 17.1 Å². The number of ether oxygens (including phenoxy) is 1. The van der Waals surface area contributed by atoms with E-state index in [9.17, 15) is 8.42 Å². The highest BCUT2D eigenvalue weighted by molar-refractivity contribution is 9.10. The van der Waals surface area contributed by atoms with Crippen LogP contribution in [0, 0.1) is 0 Å². The molecule has 14 heavy (non-hydrogen) atoms. The Morgan fingerprint density at radius 1 is 1.43 bits per heavy atom. The fourth-order valence-electron chi connectivity index (χ4n) is 1.68. The van der Waals surface area contributed by atoms with E-state index in [-0.39, 0.29) is 5.75 Å². The molecule has 1 heterocycles. The van der Waals surface area contributed by atoms with Crippen LogP contribution < -0.4 is 4.74 Å². The molecule has 0 aliphatic carbocycles. The Hall–Kier alpha value is -0.550. The minimum atomic E-state index is -3.06. The molecule has 0 unspecified atom stereocenters. The summed E-state index contributed by atoms with van der Waals surface area (Å²) in [6.07, 6.45) is 0.542. The number of hydrogen-bond donors (Lipinski definition) is 0. The highest BCUT2D eigenvalue weighted by atomic mass is 79.9. The van der Waals surface area contributed by atoms with Crippen LogP contribution in [0.25, 0.3) is 0 Å². The minimum absolute atomic E-state index is 0.190. The van der Waals surface area contributed by atoms with E-state index in [1.807, 2.05) is 0 Å². The van der Waals surface area contributed by atoms with Crippen molar-refractivity contribution in [1.29, 1.82) is 0 Å². The second-order valence-electron chi connectivity index (χ2n) is 3.13. The number of sulfone groups is 1. The van der Waals surface area contributed by atoms with Gasteiger partial charge in [-0.05, 0) is 34.5 Å². The van der Waals surface area contributed by atoms with Crippen LogP contribution in [0.1, 0.15) is 5.56 Å². The van der Waals surface area contributed by atoms with Crippen molar-refractivity contribution in [3.8, 4) is 5.75 Å². The first kappa shape index (κ1) is 9.98. The summed E-state index contributed by atoms with van der Waals surface area (Å²) in [6.45, 7) is 0. The van der Waals surface area contributed by atoms with Gasteiger partial charge in [0.15, 0.2) is 9.84 Å². The normalized spacial score (nSPS) is 17.9. The zero-order chi connectivity index (χ0) is 10.3. The lowest BCUT2D eigenvalue weighted by atomic mass is 10.1. The summed E-state index contributed by atoms with van der Waals surface area (Å²) >= 11 is 3.33. The Bertz CT molecular complexity index is 479. The minimum Gasteiger partial charge on any atom is -0.495 e. The van der Waals surface area contributed by atoms with Gasteiger partial charge in [-0.15, -0.1) is 0 Å². The maximum Gasteiger partial charge on any atom is 0.179 e. The highest BCUT2D eigenvalue weighted by Crippen LogP contribution is 2.38. The van der Waals surface area contributed by atoms with Crippen LogP contribution in [0.2, 0.25) is 0 Å². The molecule has 0 radical (unpaired) electrons. The number of rotatable bonds is 1. The molecule has 2 rings (SSSR count). The van der Waals surface area contributed by atoms with Gasteiger partial charge in [-0.25, -0.2) is 8.42 Å². The molecular weight excluding hydrogens is 268 g/mol. The van der Waals surface area contributed by atoms with Crippen LogP contribution in [-0.2, 0) is 16.3 Å². The molecule has 1 aromatic rings. The van der Waals surface area contributed by atoms with Gasteiger partial charge in [-0.3, -0.25) is 0 Å². The molecule has 3 nitrogen and oxygen atoms in total. The Morgan fingerprint density at radius 2 is 2.14 bits per heavy atom. The van der Waals surface area contributed by atoms with E-state index in [2.05, 4.69) is 15.9 Å². The Morgan fingerprint density at radius 3 is 2.79 bits per heavy atom. The molecule has 0 fully saturated rings. The molecule has 0 saturated heterocycles. The SMILES string of the molecule is COc1c(Br)ccc2c1CCS2(=O)=O. The molecule has 0 atom stereocenters. The molecule has 5 heteroatoms. The summed E-state index contributed by atoms with van der Waals surface area (Å²) in [6, 6.07) is 3.34. The van der Waals surface area contributed by atoms with Crippen LogP contribution in [0.15, 0.2) is 21.5 Å². The quantitative estimate of drug-likeness (QED) is 0.786. The summed E-state index contributed by atoms with van der Waals surface area (Å²) in [5.74, 6) is 0.832. The summed E-state index contributed by atoms with van der Waals surface area (Å²) in [7, 11) is -1.51. The number of halogens is 1. The predicted molar refractivity (Wildman–Crippen MR) is 56.5 cm³/mol. The van der Waals surface area contributed by atoms with Crippen LogP contribution in [0.4, 0.5) is 0 Å². The van der Waals surface area contributed by atoms with Gasteiger partial charge in [-0.2, -0.15) is 0 Å². The van der Waals surface area contributed by atoms with E-state index in [0.717, 1.165) is 10.0 Å². The number of methoxy groups -OCH3 is 1. The van der Waals surface area contributed by atoms with Crippen LogP contribution in [0.5, 0.6) is 5.75 Å². The van der Waals surface area contributed by atoms with Crippen molar-refractivity contribution in [3.63, 3.8) is 0 Å². The average Bonchev–Trinajstić information content (AvgIpc) is 2.42. The van der Waals surface area contributed by atoms with Gasteiger partial charge >= 0.3 is 0 Å². The maximum absolute atomic E-state index is 11.6. The standard InChI is InChI=1S/C9H9BrO3S/c1-13-9-6-4-5-14(11,12)8(6)3-2-7(9)10/h2-3H,4-5H2,1H3. The second kappa shape index (κ2) is 3.24. The molecule has 0 aromatic heterocycles. The van der Waals surface area contributed by atoms with Gasteiger partial charge in [0, 0.05) is 5.56 Å². The second-order valence-corrected chi connectivity index (χ2v) is 6.06. The van der Waals surface area contributed by atoms with Gasteiger partial charge in [0.2, 0.25) is 0 Å². The topological polar surface area (TPSA) is 43.4 Å². The van der Waals surface area contributed by atoms with Crippen LogP contribution in [-0.4, -0.2) is 21.3 Å². The molecule has 0 bridgehead atoms. The van der Waals surface area contributed by atoms with E-state index in [4.69, 9.17) is 4.74 Å². The van der Waals surface area contributed by atoms with Gasteiger partial charge < -0.3 is 4.74 Å². The average molecular weight is 277 g/mol. The summed E-state index contributed by atoms with van der Waals surface area (Å²) in [5, 5.41) is 0. The summed E-state index contributed by atoms with van der Waals surface area (Å²) in [4.78, 5) is 0.414. The van der Waals surface area contributed by atoms with Gasteiger partial charge in [0.1, 0.15) is 5.75 Å². The predicted octanol–water partition coefficient (Wildman–Crippen LogP) is 1.79. The molecule has 0 N–H and O–H groups in total. The van der Waals surface area contributed by atoms with Crippen molar-refractivity contribution in [2.75, 3.05) is 12.9 Å². The Balaban J connectivity index is 2.74. The van der Waals surface area contributed by atoms with Crippen molar-refractivity contribution >= 4 is 25.8 Å². The Labute approximate surface area is 91.1 Å². The van der Waals surface area contributed by atoms with Gasteiger partial charge in [0.05, 0.1) is 22.2 Å². The lowest BCUT2D eigenvalue weighted by Gasteiger charge is -2.07. The first-order valence-electron chi connectivity index (χ1n) is 4.14. The van der Waals surface area contributed by atoms with Crippen LogP contribution in [0.3, 0.4) is 0 Å². The van der Waals surface area contributed by atoms with Crippen molar-refractivity contribution in [2.45, 2.75) is 11.3 Å². The largest absolute Gasteiger partial charge is 0.495 e. The first-order chi connectivity index (χ1) is 6.56. The van der Waals surface area contributed by atoms with Gasteiger partial charge in [0.25, 0.3) is 0 Å². The third-order valence-electron chi connectivity index (χ3n) is 2.33. The summed E-state index contributed by atoms with van der Waals surface area (Å²) in [5.41, 5.74) is 0.793. The third kappa shape index (κ3) is 1.35. The molecule has 1 aromatic carbocycles. The fourth-order valence-corrected chi connectivity index (χ4v) is 3.75. The lowest BCUT2D eigenvalue weighted by Crippen LogP contribution is -1.98. The molecule has 1 aliphatic rings. The van der Waals surface area contributed by atoms with E-state index in [1.54, 1.807) is 19.2 Å². The fraction of sp³-hybridized carbons (Fsp3) is 0.333. The van der Waals surface area contributed by atoms with Crippen molar-refractivity contribution < 1.29 is 13.2 Å². The maximum atomic E-state index is 11.6. The van der Waals surface area contributed by atoms with Gasteiger partial charge in [-0.1, -0.05) is 0 Å². The molecule has 0 saturated carbocycles.